The number of hydrogen-bond acceptors (Lipinski definition) is 3. The Hall–Kier alpha value is -1.48. The molecule has 0 N–H and O–H groups in total. The van der Waals surface area contributed by atoms with Crippen molar-refractivity contribution in [3.05, 3.63) is 59.1 Å². The number of nitrogens with zero attached hydrogens (tertiary/aromatic N) is 1. The molecule has 116 valence electrons. The van der Waals surface area contributed by atoms with Crippen LogP contribution in [-0.2, 0) is 9.09 Å². The first-order valence-corrected chi connectivity index (χ1v) is 9.19. The summed E-state index contributed by atoms with van der Waals surface area (Å²) in [7, 11) is -1.54. The average Bonchev–Trinajstić information content (AvgIpc) is 2.95. The molecule has 2 atom stereocenters. The van der Waals surface area contributed by atoms with Gasteiger partial charge in [0.1, 0.15) is 5.75 Å². The number of benzene rings is 2. The van der Waals surface area contributed by atoms with Crippen LogP contribution in [0.3, 0.4) is 0 Å². The van der Waals surface area contributed by atoms with Gasteiger partial charge in [-0.1, -0.05) is 42.8 Å². The smallest absolute Gasteiger partial charge is 0.299 e. The Labute approximate surface area is 135 Å². The highest BCUT2D eigenvalue weighted by molar-refractivity contribution is 7.60. The van der Waals surface area contributed by atoms with Crippen molar-refractivity contribution in [3.8, 4) is 5.75 Å². The maximum atomic E-state index is 13.2. The summed E-state index contributed by atoms with van der Waals surface area (Å²) in [4.78, 5) is 0. The molecule has 0 spiro atoms. The lowest BCUT2D eigenvalue weighted by Crippen LogP contribution is -2.26. The molecular weight excluding hydrogens is 321 g/mol. The van der Waals surface area contributed by atoms with E-state index in [1.54, 1.807) is 16.8 Å². The molecule has 1 heterocycles. The van der Waals surface area contributed by atoms with Crippen LogP contribution in [0.1, 0.15) is 18.7 Å². The van der Waals surface area contributed by atoms with Crippen molar-refractivity contribution < 1.29 is 13.8 Å². The van der Waals surface area contributed by atoms with Crippen LogP contribution in [0.2, 0.25) is 5.02 Å². The van der Waals surface area contributed by atoms with Crippen LogP contribution in [0.5, 0.6) is 5.75 Å². The zero-order chi connectivity index (χ0) is 15.7. The van der Waals surface area contributed by atoms with E-state index < -0.39 is 13.7 Å². The lowest BCUT2D eigenvalue weighted by atomic mass is 10.2. The molecule has 2 unspecified atom stereocenters. The Bertz CT molecular complexity index is 712. The highest BCUT2D eigenvalue weighted by atomic mass is 35.5. The molecule has 22 heavy (non-hydrogen) atoms. The Morgan fingerprint density at radius 1 is 1.23 bits per heavy atom. The number of ether oxygens (including phenoxy) is 1. The van der Waals surface area contributed by atoms with Crippen molar-refractivity contribution in [2.24, 2.45) is 0 Å². The Morgan fingerprint density at radius 3 is 2.55 bits per heavy atom. The summed E-state index contributed by atoms with van der Waals surface area (Å²) in [6.45, 7) is 1.85. The van der Waals surface area contributed by atoms with Crippen molar-refractivity contribution in [1.29, 1.82) is 0 Å². The molecule has 2 aromatic carbocycles. The van der Waals surface area contributed by atoms with E-state index in [2.05, 4.69) is 0 Å². The summed E-state index contributed by atoms with van der Waals surface area (Å²) in [5, 5.41) is 0.649. The summed E-state index contributed by atoms with van der Waals surface area (Å²) < 4.78 is 26.3. The maximum absolute atomic E-state index is 13.2. The van der Waals surface area contributed by atoms with E-state index >= 15 is 0 Å². The number of anilines is 1. The van der Waals surface area contributed by atoms with Crippen molar-refractivity contribution in [2.45, 2.75) is 13.2 Å². The van der Waals surface area contributed by atoms with Gasteiger partial charge in [0.25, 0.3) is 7.52 Å². The molecule has 0 saturated carbocycles. The molecule has 3 rings (SSSR count). The zero-order valence-corrected chi connectivity index (χ0v) is 14.1. The molecule has 0 bridgehead atoms. The van der Waals surface area contributed by atoms with Gasteiger partial charge in [0.15, 0.2) is 0 Å². The second-order valence-electron chi connectivity index (χ2n) is 4.97. The SMILES string of the molecule is CCP(=O)(OC)N1c2ccccc2OC1c1ccc(Cl)cc1. The van der Waals surface area contributed by atoms with E-state index in [0.717, 1.165) is 11.3 Å². The van der Waals surface area contributed by atoms with Gasteiger partial charge >= 0.3 is 0 Å². The number of fused-ring (bicyclic) bond motifs is 1. The van der Waals surface area contributed by atoms with Crippen molar-refractivity contribution in [3.63, 3.8) is 0 Å². The highest BCUT2D eigenvalue weighted by Crippen LogP contribution is 2.61. The zero-order valence-electron chi connectivity index (χ0n) is 12.4. The first-order chi connectivity index (χ1) is 10.6. The minimum Gasteiger partial charge on any atom is -0.464 e. The van der Waals surface area contributed by atoms with Gasteiger partial charge in [-0.3, -0.25) is 9.24 Å². The largest absolute Gasteiger partial charge is 0.464 e. The van der Waals surface area contributed by atoms with E-state index in [1.807, 2.05) is 43.3 Å². The van der Waals surface area contributed by atoms with Crippen molar-refractivity contribution in [2.75, 3.05) is 17.9 Å². The first-order valence-electron chi connectivity index (χ1n) is 7.04. The molecule has 6 heteroatoms. The first kappa shape index (κ1) is 15.4. The third-order valence-electron chi connectivity index (χ3n) is 3.74. The fraction of sp³-hybridized carbons (Fsp3) is 0.250. The average molecular weight is 338 g/mol. The van der Waals surface area contributed by atoms with E-state index in [0.29, 0.717) is 16.9 Å². The topological polar surface area (TPSA) is 38.8 Å². The van der Waals surface area contributed by atoms with E-state index in [4.69, 9.17) is 20.9 Å². The molecule has 0 aromatic heterocycles. The molecule has 2 aromatic rings. The lowest BCUT2D eigenvalue weighted by molar-refractivity contribution is 0.238. The van der Waals surface area contributed by atoms with Crippen LogP contribution < -0.4 is 9.41 Å². The van der Waals surface area contributed by atoms with Gasteiger partial charge in [0.05, 0.1) is 5.69 Å². The fourth-order valence-electron chi connectivity index (χ4n) is 2.57. The van der Waals surface area contributed by atoms with Crippen LogP contribution in [0.25, 0.3) is 0 Å². The number of para-hydroxylation sites is 2. The standard InChI is InChI=1S/C16H17ClNO3P/c1-3-22(19,20-2)18-14-6-4-5-7-15(14)21-16(18)12-8-10-13(17)11-9-12/h4-11,16H,3H2,1-2H3. The predicted molar refractivity (Wildman–Crippen MR) is 88.9 cm³/mol. The number of hydrogen-bond donors (Lipinski definition) is 0. The predicted octanol–water partition coefficient (Wildman–Crippen LogP) is 5.10. The van der Waals surface area contributed by atoms with Crippen molar-refractivity contribution in [1.82, 2.24) is 0 Å². The van der Waals surface area contributed by atoms with Crippen LogP contribution in [0.15, 0.2) is 48.5 Å². The van der Waals surface area contributed by atoms with E-state index in [1.165, 1.54) is 7.11 Å². The van der Waals surface area contributed by atoms with Crippen LogP contribution >= 0.6 is 19.1 Å². The minimum atomic E-state index is -3.02. The molecule has 0 fully saturated rings. The molecule has 1 aliphatic heterocycles. The minimum absolute atomic E-state index is 0.394. The maximum Gasteiger partial charge on any atom is 0.299 e. The summed E-state index contributed by atoms with van der Waals surface area (Å²) in [5.74, 6) is 0.702. The lowest BCUT2D eigenvalue weighted by Gasteiger charge is -2.31. The molecular formula is C16H17ClNO3P. The van der Waals surface area contributed by atoms with Gasteiger partial charge in [0.2, 0.25) is 6.23 Å². The normalized spacial score (nSPS) is 19.4. The van der Waals surface area contributed by atoms with Gasteiger partial charge in [0, 0.05) is 23.9 Å². The monoisotopic (exact) mass is 337 g/mol. The van der Waals surface area contributed by atoms with Gasteiger partial charge in [-0.15, -0.1) is 0 Å². The third kappa shape index (κ3) is 2.52. The second-order valence-corrected chi connectivity index (χ2v) is 8.11. The summed E-state index contributed by atoms with van der Waals surface area (Å²) in [5.41, 5.74) is 1.67. The van der Waals surface area contributed by atoms with Crippen LogP contribution in [-0.4, -0.2) is 13.3 Å². The van der Waals surface area contributed by atoms with Crippen molar-refractivity contribution >= 4 is 24.8 Å². The summed E-state index contributed by atoms with van der Waals surface area (Å²) in [6, 6.07) is 14.9. The quantitative estimate of drug-likeness (QED) is 0.728. The van der Waals surface area contributed by atoms with E-state index in [-0.39, 0.29) is 0 Å². The Morgan fingerprint density at radius 2 is 1.91 bits per heavy atom. The molecule has 0 amide bonds. The Balaban J connectivity index is 2.10. The third-order valence-corrected chi connectivity index (χ3v) is 6.44. The molecule has 0 radical (unpaired) electrons. The van der Waals surface area contributed by atoms with Crippen LogP contribution in [0.4, 0.5) is 5.69 Å². The second kappa shape index (κ2) is 5.96. The molecule has 0 aliphatic carbocycles. The number of rotatable bonds is 4. The van der Waals surface area contributed by atoms with Gasteiger partial charge in [-0.2, -0.15) is 0 Å². The van der Waals surface area contributed by atoms with Gasteiger partial charge in [-0.25, -0.2) is 0 Å². The molecule has 4 nitrogen and oxygen atoms in total. The number of halogens is 1. The van der Waals surface area contributed by atoms with Gasteiger partial charge < -0.3 is 9.26 Å². The summed E-state index contributed by atoms with van der Waals surface area (Å²) in [6.07, 6.45) is -0.0916. The molecule has 0 saturated heterocycles. The van der Waals surface area contributed by atoms with Gasteiger partial charge in [-0.05, 0) is 24.3 Å². The summed E-state index contributed by atoms with van der Waals surface area (Å²) >= 11 is 5.95. The Kier molecular flexibility index (Phi) is 4.18. The molecule has 1 aliphatic rings. The van der Waals surface area contributed by atoms with Crippen LogP contribution in [0, 0.1) is 0 Å². The van der Waals surface area contributed by atoms with E-state index in [9.17, 15) is 4.57 Å². The highest BCUT2D eigenvalue weighted by Gasteiger charge is 2.43. The fourth-order valence-corrected chi connectivity index (χ4v) is 4.43.